The van der Waals surface area contributed by atoms with E-state index in [4.69, 9.17) is 4.52 Å². The summed E-state index contributed by atoms with van der Waals surface area (Å²) in [5, 5.41) is 7.63. The zero-order valence-corrected chi connectivity index (χ0v) is 12.0. The second kappa shape index (κ2) is 5.85. The van der Waals surface area contributed by atoms with Gasteiger partial charge in [0.2, 0.25) is 0 Å². The summed E-state index contributed by atoms with van der Waals surface area (Å²) in [4.78, 5) is 2.41. The van der Waals surface area contributed by atoms with Crippen molar-refractivity contribution in [1.82, 2.24) is 15.4 Å². The molecule has 0 radical (unpaired) electrons. The third kappa shape index (κ3) is 3.12. The number of likely N-dealkylation sites (tertiary alicyclic amines) is 1. The number of aromatic nitrogens is 1. The minimum atomic E-state index is 0.562. The molecule has 0 spiro atoms. The van der Waals surface area contributed by atoms with Gasteiger partial charge in [0.25, 0.3) is 0 Å². The van der Waals surface area contributed by atoms with Crippen molar-refractivity contribution in [3.63, 3.8) is 0 Å². The molecule has 2 heterocycles. The Kier molecular flexibility index (Phi) is 4.40. The van der Waals surface area contributed by atoms with Crippen LogP contribution in [0.3, 0.4) is 0 Å². The van der Waals surface area contributed by atoms with Crippen LogP contribution in [0.15, 0.2) is 4.52 Å². The number of piperidine rings is 1. The quantitative estimate of drug-likeness (QED) is 0.890. The fourth-order valence-electron chi connectivity index (χ4n) is 2.71. The first-order valence-corrected chi connectivity index (χ1v) is 6.91. The Morgan fingerprint density at radius 1 is 1.39 bits per heavy atom. The van der Waals surface area contributed by atoms with Crippen molar-refractivity contribution in [3.8, 4) is 0 Å². The molecular formula is C14H25N3O. The van der Waals surface area contributed by atoms with E-state index in [0.29, 0.717) is 6.04 Å². The molecule has 102 valence electrons. The topological polar surface area (TPSA) is 41.3 Å². The Hall–Kier alpha value is -0.870. The van der Waals surface area contributed by atoms with E-state index in [9.17, 15) is 0 Å². The summed E-state index contributed by atoms with van der Waals surface area (Å²) in [6.07, 6.45) is 2.60. The smallest absolute Gasteiger partial charge is 0.138 e. The van der Waals surface area contributed by atoms with Crippen molar-refractivity contribution >= 4 is 0 Å². The van der Waals surface area contributed by atoms with Crippen LogP contribution in [0.1, 0.15) is 36.8 Å². The van der Waals surface area contributed by atoms with E-state index in [1.807, 2.05) is 13.8 Å². The molecule has 0 saturated carbocycles. The third-order valence-corrected chi connectivity index (χ3v) is 4.25. The largest absolute Gasteiger partial charge is 0.361 e. The number of hydrogen-bond acceptors (Lipinski definition) is 4. The molecule has 1 atom stereocenters. The Labute approximate surface area is 110 Å². The average molecular weight is 251 g/mol. The van der Waals surface area contributed by atoms with Crippen molar-refractivity contribution in [2.45, 2.75) is 46.2 Å². The highest BCUT2D eigenvalue weighted by molar-refractivity contribution is 5.20. The summed E-state index contributed by atoms with van der Waals surface area (Å²) in [7, 11) is 2.21. The summed E-state index contributed by atoms with van der Waals surface area (Å²) >= 11 is 0. The molecule has 1 unspecified atom stereocenters. The van der Waals surface area contributed by atoms with Gasteiger partial charge in [0, 0.05) is 18.2 Å². The van der Waals surface area contributed by atoms with E-state index in [2.05, 4.69) is 29.3 Å². The van der Waals surface area contributed by atoms with E-state index in [1.54, 1.807) is 0 Å². The monoisotopic (exact) mass is 251 g/mol. The van der Waals surface area contributed by atoms with Gasteiger partial charge in [-0.15, -0.1) is 0 Å². The molecule has 18 heavy (non-hydrogen) atoms. The molecule has 0 aromatic carbocycles. The molecule has 0 amide bonds. The number of aryl methyl sites for hydroxylation is 2. The maximum atomic E-state index is 5.19. The number of rotatable bonds is 4. The number of hydrogen-bond donors (Lipinski definition) is 1. The fraction of sp³-hybridized carbons (Fsp3) is 0.786. The molecule has 1 saturated heterocycles. The zero-order chi connectivity index (χ0) is 13.1. The predicted molar refractivity (Wildman–Crippen MR) is 72.5 cm³/mol. The highest BCUT2D eigenvalue weighted by Crippen LogP contribution is 2.20. The van der Waals surface area contributed by atoms with Gasteiger partial charge in [0.15, 0.2) is 0 Å². The second-order valence-electron chi connectivity index (χ2n) is 5.61. The standard InChI is InChI=1S/C14H25N3O/c1-10(13-5-7-17(4)8-6-13)15-9-14-11(2)16-18-12(14)3/h10,13,15H,5-9H2,1-4H3. The predicted octanol–water partition coefficient (Wildman–Crippen LogP) is 2.11. The number of nitrogens with one attached hydrogen (secondary N) is 1. The first-order chi connectivity index (χ1) is 8.58. The van der Waals surface area contributed by atoms with Crippen LogP contribution < -0.4 is 5.32 Å². The number of nitrogens with zero attached hydrogens (tertiary/aromatic N) is 2. The van der Waals surface area contributed by atoms with Crippen molar-refractivity contribution in [3.05, 3.63) is 17.0 Å². The molecule has 1 aromatic rings. The van der Waals surface area contributed by atoms with E-state index in [-0.39, 0.29) is 0 Å². The lowest BCUT2D eigenvalue weighted by atomic mass is 9.90. The van der Waals surface area contributed by atoms with Crippen LogP contribution in [0.25, 0.3) is 0 Å². The molecule has 1 aliphatic heterocycles. The van der Waals surface area contributed by atoms with Crippen LogP contribution in [-0.2, 0) is 6.54 Å². The van der Waals surface area contributed by atoms with Crippen LogP contribution in [0.4, 0.5) is 0 Å². The Bertz CT molecular complexity index is 361. The second-order valence-corrected chi connectivity index (χ2v) is 5.61. The van der Waals surface area contributed by atoms with Gasteiger partial charge < -0.3 is 14.7 Å². The first kappa shape index (κ1) is 13.6. The fourth-order valence-corrected chi connectivity index (χ4v) is 2.71. The van der Waals surface area contributed by atoms with Crippen molar-refractivity contribution in [1.29, 1.82) is 0 Å². The van der Waals surface area contributed by atoms with Gasteiger partial charge in [-0.1, -0.05) is 5.16 Å². The van der Waals surface area contributed by atoms with Crippen molar-refractivity contribution < 1.29 is 4.52 Å². The molecule has 4 heteroatoms. The molecule has 0 aliphatic carbocycles. The van der Waals surface area contributed by atoms with E-state index < -0.39 is 0 Å². The first-order valence-electron chi connectivity index (χ1n) is 6.91. The average Bonchev–Trinajstić information content (AvgIpc) is 2.67. The highest BCUT2D eigenvalue weighted by atomic mass is 16.5. The van der Waals surface area contributed by atoms with Crippen LogP contribution in [-0.4, -0.2) is 36.2 Å². The van der Waals surface area contributed by atoms with Crippen molar-refractivity contribution in [2.24, 2.45) is 5.92 Å². The maximum Gasteiger partial charge on any atom is 0.138 e. The minimum absolute atomic E-state index is 0.562. The lowest BCUT2D eigenvalue weighted by Crippen LogP contribution is -2.40. The van der Waals surface area contributed by atoms with Gasteiger partial charge in [0.05, 0.1) is 5.69 Å². The van der Waals surface area contributed by atoms with E-state index in [0.717, 1.165) is 23.9 Å². The minimum Gasteiger partial charge on any atom is -0.361 e. The van der Waals surface area contributed by atoms with Gasteiger partial charge in [0.1, 0.15) is 5.76 Å². The summed E-state index contributed by atoms with van der Waals surface area (Å²) in [5.74, 6) is 1.73. The van der Waals surface area contributed by atoms with Crippen LogP contribution in [0.2, 0.25) is 0 Å². The van der Waals surface area contributed by atoms with Crippen LogP contribution >= 0.6 is 0 Å². The zero-order valence-electron chi connectivity index (χ0n) is 12.0. The SMILES string of the molecule is Cc1noc(C)c1CNC(C)C1CCN(C)CC1. The van der Waals surface area contributed by atoms with Gasteiger partial charge in [-0.05, 0) is 59.7 Å². The molecule has 1 N–H and O–H groups in total. The Morgan fingerprint density at radius 2 is 2.06 bits per heavy atom. The lowest BCUT2D eigenvalue weighted by Gasteiger charge is -2.33. The van der Waals surface area contributed by atoms with Gasteiger partial charge in [-0.3, -0.25) is 0 Å². The van der Waals surface area contributed by atoms with Gasteiger partial charge in [-0.2, -0.15) is 0 Å². The summed E-state index contributed by atoms with van der Waals surface area (Å²) < 4.78 is 5.19. The molecule has 1 aliphatic rings. The summed E-state index contributed by atoms with van der Waals surface area (Å²) in [6.45, 7) is 9.61. The van der Waals surface area contributed by atoms with Gasteiger partial charge in [-0.25, -0.2) is 0 Å². The normalized spacial score (nSPS) is 20.2. The maximum absolute atomic E-state index is 5.19. The third-order valence-electron chi connectivity index (χ3n) is 4.25. The Morgan fingerprint density at radius 3 is 2.61 bits per heavy atom. The molecular weight excluding hydrogens is 226 g/mol. The van der Waals surface area contributed by atoms with E-state index in [1.165, 1.54) is 31.5 Å². The molecule has 1 fully saturated rings. The molecule has 0 bridgehead atoms. The van der Waals surface area contributed by atoms with Crippen LogP contribution in [0.5, 0.6) is 0 Å². The summed E-state index contributed by atoms with van der Waals surface area (Å²) in [6, 6.07) is 0.562. The van der Waals surface area contributed by atoms with Crippen LogP contribution in [0, 0.1) is 19.8 Å². The lowest BCUT2D eigenvalue weighted by molar-refractivity contribution is 0.189. The summed E-state index contributed by atoms with van der Waals surface area (Å²) in [5.41, 5.74) is 2.23. The molecule has 2 rings (SSSR count). The molecule has 4 nitrogen and oxygen atoms in total. The van der Waals surface area contributed by atoms with Crippen molar-refractivity contribution in [2.75, 3.05) is 20.1 Å². The van der Waals surface area contributed by atoms with E-state index >= 15 is 0 Å². The Balaban J connectivity index is 1.83. The highest BCUT2D eigenvalue weighted by Gasteiger charge is 2.22. The van der Waals surface area contributed by atoms with Gasteiger partial charge >= 0.3 is 0 Å². The molecule has 1 aromatic heterocycles.